The van der Waals surface area contributed by atoms with Crippen LogP contribution in [0.5, 0.6) is 11.5 Å². The van der Waals surface area contributed by atoms with Crippen LogP contribution in [0.1, 0.15) is 26.2 Å². The molecule has 0 saturated heterocycles. The molecule has 144 valence electrons. The molecule has 0 aromatic heterocycles. The fraction of sp³-hybridized carbons (Fsp3) is 0.300. The number of halogens is 1. The Bertz CT molecular complexity index is 763. The third kappa shape index (κ3) is 6.62. The van der Waals surface area contributed by atoms with Crippen LogP contribution in [-0.4, -0.2) is 29.7 Å². The van der Waals surface area contributed by atoms with Crippen molar-refractivity contribution in [3.05, 3.63) is 54.3 Å². The van der Waals surface area contributed by atoms with Crippen LogP contribution in [0.25, 0.3) is 0 Å². The van der Waals surface area contributed by atoms with E-state index in [1.54, 1.807) is 43.3 Å². The van der Waals surface area contributed by atoms with Gasteiger partial charge in [-0.1, -0.05) is 19.1 Å². The standard InChI is InChI=1S/C20H22FNO5/c1-2-17(27-18-7-4-3-6-16(18)21)20(25)22-14-9-11-15(12-10-14)26-13-5-8-19(23)24/h3-4,6-7,9-12,17H,2,5,8,13H2,1H3,(H,22,25)(H,23,24). The highest BCUT2D eigenvalue weighted by molar-refractivity contribution is 5.94. The second kappa shape index (κ2) is 10.2. The van der Waals surface area contributed by atoms with Crippen LogP contribution in [-0.2, 0) is 9.59 Å². The third-order valence-corrected chi connectivity index (χ3v) is 3.69. The van der Waals surface area contributed by atoms with E-state index in [0.717, 1.165) is 0 Å². The Balaban J connectivity index is 1.88. The van der Waals surface area contributed by atoms with Crippen LogP contribution in [0.4, 0.5) is 10.1 Å². The van der Waals surface area contributed by atoms with E-state index in [9.17, 15) is 14.0 Å². The topological polar surface area (TPSA) is 84.9 Å². The first-order chi connectivity index (χ1) is 13.0. The molecule has 0 bridgehead atoms. The summed E-state index contributed by atoms with van der Waals surface area (Å²) in [6.07, 6.45) is 0.0210. The van der Waals surface area contributed by atoms with Gasteiger partial charge in [-0.25, -0.2) is 4.39 Å². The lowest BCUT2D eigenvalue weighted by Crippen LogP contribution is -2.32. The summed E-state index contributed by atoms with van der Waals surface area (Å²) in [7, 11) is 0. The van der Waals surface area contributed by atoms with Crippen molar-refractivity contribution >= 4 is 17.6 Å². The molecule has 1 amide bonds. The summed E-state index contributed by atoms with van der Waals surface area (Å²) in [6.45, 7) is 2.07. The van der Waals surface area contributed by atoms with E-state index >= 15 is 0 Å². The second-order valence-corrected chi connectivity index (χ2v) is 5.80. The fourth-order valence-electron chi connectivity index (χ4n) is 2.29. The van der Waals surface area contributed by atoms with E-state index in [-0.39, 0.29) is 18.1 Å². The maximum absolute atomic E-state index is 13.7. The molecule has 2 rings (SSSR count). The number of aliphatic carboxylic acids is 1. The molecule has 0 aliphatic heterocycles. The maximum atomic E-state index is 13.7. The minimum Gasteiger partial charge on any atom is -0.494 e. The zero-order valence-electron chi connectivity index (χ0n) is 15.0. The zero-order chi connectivity index (χ0) is 19.6. The van der Waals surface area contributed by atoms with Crippen LogP contribution in [0.15, 0.2) is 48.5 Å². The number of hydrogen-bond acceptors (Lipinski definition) is 4. The monoisotopic (exact) mass is 375 g/mol. The van der Waals surface area contributed by atoms with E-state index < -0.39 is 17.9 Å². The first-order valence-electron chi connectivity index (χ1n) is 8.66. The Kier molecular flexibility index (Phi) is 7.61. The van der Waals surface area contributed by atoms with Gasteiger partial charge in [-0.2, -0.15) is 0 Å². The molecule has 2 N–H and O–H groups in total. The molecule has 0 saturated carbocycles. The number of carbonyl (C=O) groups is 2. The van der Waals surface area contributed by atoms with Gasteiger partial charge in [0, 0.05) is 12.1 Å². The second-order valence-electron chi connectivity index (χ2n) is 5.80. The van der Waals surface area contributed by atoms with E-state index in [0.29, 0.717) is 30.9 Å². The number of carbonyl (C=O) groups excluding carboxylic acids is 1. The fourth-order valence-corrected chi connectivity index (χ4v) is 2.29. The van der Waals surface area contributed by atoms with Gasteiger partial charge in [0.05, 0.1) is 6.61 Å². The smallest absolute Gasteiger partial charge is 0.303 e. The number of ether oxygens (including phenoxy) is 2. The zero-order valence-corrected chi connectivity index (χ0v) is 15.0. The summed E-state index contributed by atoms with van der Waals surface area (Å²) in [6, 6.07) is 12.6. The van der Waals surface area contributed by atoms with Crippen LogP contribution < -0.4 is 14.8 Å². The highest BCUT2D eigenvalue weighted by Crippen LogP contribution is 2.20. The number of rotatable bonds is 10. The van der Waals surface area contributed by atoms with Crippen molar-refractivity contribution < 1.29 is 28.6 Å². The summed E-state index contributed by atoms with van der Waals surface area (Å²) in [5, 5.41) is 11.3. The number of hydrogen-bond donors (Lipinski definition) is 2. The van der Waals surface area contributed by atoms with Crippen molar-refractivity contribution in [2.24, 2.45) is 0 Å². The predicted octanol–water partition coefficient (Wildman–Crippen LogP) is 3.87. The van der Waals surface area contributed by atoms with Gasteiger partial charge in [0.2, 0.25) is 0 Å². The maximum Gasteiger partial charge on any atom is 0.303 e. The highest BCUT2D eigenvalue weighted by Gasteiger charge is 2.20. The van der Waals surface area contributed by atoms with Gasteiger partial charge in [0.1, 0.15) is 5.75 Å². The van der Waals surface area contributed by atoms with Crippen molar-refractivity contribution in [1.29, 1.82) is 0 Å². The number of nitrogens with one attached hydrogen (secondary N) is 1. The number of carboxylic acid groups (broad SMARTS) is 1. The molecule has 0 radical (unpaired) electrons. The van der Waals surface area contributed by atoms with Crippen molar-refractivity contribution in [3.8, 4) is 11.5 Å². The molecule has 2 aromatic rings. The lowest BCUT2D eigenvalue weighted by atomic mass is 10.2. The van der Waals surface area contributed by atoms with Crippen LogP contribution >= 0.6 is 0 Å². The van der Waals surface area contributed by atoms with Gasteiger partial charge in [-0.05, 0) is 49.2 Å². The molecule has 0 spiro atoms. The Morgan fingerprint density at radius 2 is 1.85 bits per heavy atom. The van der Waals surface area contributed by atoms with Crippen molar-refractivity contribution in [2.75, 3.05) is 11.9 Å². The van der Waals surface area contributed by atoms with E-state index in [1.807, 2.05) is 0 Å². The normalized spacial score (nSPS) is 11.5. The molecule has 1 atom stereocenters. The largest absolute Gasteiger partial charge is 0.494 e. The summed E-state index contributed by atoms with van der Waals surface area (Å²) >= 11 is 0. The average Bonchev–Trinajstić information content (AvgIpc) is 2.65. The van der Waals surface area contributed by atoms with Crippen molar-refractivity contribution in [2.45, 2.75) is 32.3 Å². The van der Waals surface area contributed by atoms with Gasteiger partial charge >= 0.3 is 5.97 Å². The highest BCUT2D eigenvalue weighted by atomic mass is 19.1. The number of carboxylic acids is 1. The van der Waals surface area contributed by atoms with Crippen molar-refractivity contribution in [3.63, 3.8) is 0 Å². The third-order valence-electron chi connectivity index (χ3n) is 3.69. The molecule has 1 unspecified atom stereocenters. The molecule has 0 aliphatic rings. The Morgan fingerprint density at radius 1 is 1.15 bits per heavy atom. The molecular weight excluding hydrogens is 353 g/mol. The van der Waals surface area contributed by atoms with Crippen LogP contribution in [0.3, 0.4) is 0 Å². The molecule has 0 heterocycles. The van der Waals surface area contributed by atoms with E-state index in [4.69, 9.17) is 14.6 Å². The van der Waals surface area contributed by atoms with E-state index in [2.05, 4.69) is 5.32 Å². The number of benzene rings is 2. The van der Waals surface area contributed by atoms with E-state index in [1.165, 1.54) is 12.1 Å². The molecule has 0 aliphatic carbocycles. The quantitative estimate of drug-likeness (QED) is 0.616. The lowest BCUT2D eigenvalue weighted by molar-refractivity contribution is -0.137. The molecule has 6 nitrogen and oxygen atoms in total. The SMILES string of the molecule is CCC(Oc1ccccc1F)C(=O)Nc1ccc(OCCCC(=O)O)cc1. The average molecular weight is 375 g/mol. The van der Waals surface area contributed by atoms with Crippen LogP contribution in [0.2, 0.25) is 0 Å². The number of anilines is 1. The molecule has 2 aromatic carbocycles. The minimum absolute atomic E-state index is 0.0320. The summed E-state index contributed by atoms with van der Waals surface area (Å²) in [5.74, 6) is -1.15. The molecule has 7 heteroatoms. The van der Waals surface area contributed by atoms with Gasteiger partial charge in [-0.15, -0.1) is 0 Å². The van der Waals surface area contributed by atoms with Crippen LogP contribution in [0, 0.1) is 5.82 Å². The van der Waals surface area contributed by atoms with Gasteiger partial charge in [0.25, 0.3) is 5.91 Å². The summed E-state index contributed by atoms with van der Waals surface area (Å²) in [5.41, 5.74) is 0.550. The molecular formula is C20H22FNO5. The predicted molar refractivity (Wildman–Crippen MR) is 98.5 cm³/mol. The van der Waals surface area contributed by atoms with Gasteiger partial charge < -0.3 is 19.9 Å². The van der Waals surface area contributed by atoms with Crippen molar-refractivity contribution in [1.82, 2.24) is 0 Å². The summed E-state index contributed by atoms with van der Waals surface area (Å²) in [4.78, 5) is 22.8. The minimum atomic E-state index is -0.861. The molecule has 27 heavy (non-hydrogen) atoms. The summed E-state index contributed by atoms with van der Waals surface area (Å²) < 4.78 is 24.6. The Labute approximate surface area is 156 Å². The van der Waals surface area contributed by atoms with Gasteiger partial charge in [-0.3, -0.25) is 9.59 Å². The number of para-hydroxylation sites is 1. The Hall–Kier alpha value is -3.09. The van der Waals surface area contributed by atoms with Gasteiger partial charge in [0.15, 0.2) is 17.7 Å². The number of amides is 1. The lowest BCUT2D eigenvalue weighted by Gasteiger charge is -2.17. The first-order valence-corrected chi connectivity index (χ1v) is 8.66. The molecule has 0 fully saturated rings. The Morgan fingerprint density at radius 3 is 2.48 bits per heavy atom. The first kappa shape index (κ1) is 20.2.